The molecule has 1 aromatic heterocycles. The van der Waals surface area contributed by atoms with Crippen molar-refractivity contribution in [3.63, 3.8) is 0 Å². The van der Waals surface area contributed by atoms with Gasteiger partial charge in [0.05, 0.1) is 12.1 Å². The van der Waals surface area contributed by atoms with Gasteiger partial charge in [0.1, 0.15) is 0 Å². The SMILES string of the molecule is CCCc1nc(CN2CCC(C)(O)C2)no1. The number of aliphatic hydroxyl groups is 1. The summed E-state index contributed by atoms with van der Waals surface area (Å²) in [6.45, 7) is 6.20. The number of hydrogen-bond acceptors (Lipinski definition) is 5. The van der Waals surface area contributed by atoms with Crippen molar-refractivity contribution in [3.05, 3.63) is 11.7 Å². The Bertz CT molecular complexity index is 349. The highest BCUT2D eigenvalue weighted by Gasteiger charge is 2.31. The number of β-amino-alcohol motifs (C(OH)–C–C–N with tert-alkyl or cyclic N) is 1. The lowest BCUT2D eigenvalue weighted by Gasteiger charge is -2.16. The second kappa shape index (κ2) is 4.51. The minimum absolute atomic E-state index is 0.560. The van der Waals surface area contributed by atoms with Crippen LogP contribution in [0.2, 0.25) is 0 Å². The number of nitrogens with zero attached hydrogens (tertiary/aromatic N) is 3. The molecule has 5 heteroatoms. The number of hydrogen-bond donors (Lipinski definition) is 1. The zero-order chi connectivity index (χ0) is 11.6. The lowest BCUT2D eigenvalue weighted by Crippen LogP contribution is -2.29. The van der Waals surface area contributed by atoms with Gasteiger partial charge in [-0.1, -0.05) is 12.1 Å². The Morgan fingerprint density at radius 1 is 1.56 bits per heavy atom. The third-order valence-corrected chi connectivity index (χ3v) is 2.87. The molecule has 1 fully saturated rings. The third kappa shape index (κ3) is 2.80. The van der Waals surface area contributed by atoms with Crippen LogP contribution in [0.4, 0.5) is 0 Å². The summed E-state index contributed by atoms with van der Waals surface area (Å²) in [5, 5.41) is 13.8. The van der Waals surface area contributed by atoms with E-state index in [0.29, 0.717) is 19.0 Å². The molecule has 1 unspecified atom stereocenters. The molecule has 0 bridgehead atoms. The highest BCUT2D eigenvalue weighted by molar-refractivity contribution is 4.91. The van der Waals surface area contributed by atoms with Crippen molar-refractivity contribution in [2.45, 2.75) is 45.3 Å². The zero-order valence-corrected chi connectivity index (χ0v) is 9.94. The minimum Gasteiger partial charge on any atom is -0.389 e. The van der Waals surface area contributed by atoms with Gasteiger partial charge in [-0.15, -0.1) is 0 Å². The minimum atomic E-state index is -0.560. The van der Waals surface area contributed by atoms with Gasteiger partial charge in [0.25, 0.3) is 0 Å². The van der Waals surface area contributed by atoms with Crippen molar-refractivity contribution in [1.82, 2.24) is 15.0 Å². The predicted molar refractivity (Wildman–Crippen MR) is 58.8 cm³/mol. The highest BCUT2D eigenvalue weighted by atomic mass is 16.5. The first-order valence-electron chi connectivity index (χ1n) is 5.85. The molecule has 90 valence electrons. The van der Waals surface area contributed by atoms with Crippen molar-refractivity contribution in [2.24, 2.45) is 0 Å². The summed E-state index contributed by atoms with van der Waals surface area (Å²) in [5.41, 5.74) is -0.560. The van der Waals surface area contributed by atoms with Crippen molar-refractivity contribution in [3.8, 4) is 0 Å². The second-order valence-electron chi connectivity index (χ2n) is 4.81. The molecule has 5 nitrogen and oxygen atoms in total. The second-order valence-corrected chi connectivity index (χ2v) is 4.81. The Morgan fingerprint density at radius 3 is 3.00 bits per heavy atom. The topological polar surface area (TPSA) is 62.4 Å². The van der Waals surface area contributed by atoms with E-state index in [4.69, 9.17) is 4.52 Å². The molecular weight excluding hydrogens is 206 g/mol. The zero-order valence-electron chi connectivity index (χ0n) is 9.94. The van der Waals surface area contributed by atoms with E-state index in [9.17, 15) is 5.11 Å². The van der Waals surface area contributed by atoms with Crippen LogP contribution in [0.3, 0.4) is 0 Å². The largest absolute Gasteiger partial charge is 0.389 e. The maximum absolute atomic E-state index is 9.83. The van der Waals surface area contributed by atoms with Crippen molar-refractivity contribution >= 4 is 0 Å². The molecule has 0 radical (unpaired) electrons. The van der Waals surface area contributed by atoms with Crippen molar-refractivity contribution < 1.29 is 9.63 Å². The fraction of sp³-hybridized carbons (Fsp3) is 0.818. The number of rotatable bonds is 4. The maximum Gasteiger partial charge on any atom is 0.226 e. The molecule has 0 saturated carbocycles. The number of aryl methyl sites for hydroxylation is 1. The van der Waals surface area contributed by atoms with E-state index in [2.05, 4.69) is 22.0 Å². The smallest absolute Gasteiger partial charge is 0.226 e. The Labute approximate surface area is 95.4 Å². The van der Waals surface area contributed by atoms with Gasteiger partial charge >= 0.3 is 0 Å². The molecular formula is C11H19N3O2. The molecule has 1 atom stereocenters. The summed E-state index contributed by atoms with van der Waals surface area (Å²) >= 11 is 0. The van der Waals surface area contributed by atoms with Crippen LogP contribution in [0.5, 0.6) is 0 Å². The number of likely N-dealkylation sites (tertiary alicyclic amines) is 1. The van der Waals surface area contributed by atoms with E-state index < -0.39 is 5.60 Å². The highest BCUT2D eigenvalue weighted by Crippen LogP contribution is 2.21. The van der Waals surface area contributed by atoms with Gasteiger partial charge < -0.3 is 9.63 Å². The molecule has 2 rings (SSSR count). The van der Waals surface area contributed by atoms with Crippen LogP contribution < -0.4 is 0 Å². The molecule has 1 saturated heterocycles. The quantitative estimate of drug-likeness (QED) is 0.827. The Morgan fingerprint density at radius 2 is 2.38 bits per heavy atom. The van der Waals surface area contributed by atoms with Crippen LogP contribution in [0, 0.1) is 0 Å². The first-order chi connectivity index (χ1) is 7.59. The summed E-state index contributed by atoms with van der Waals surface area (Å²) in [6.07, 6.45) is 2.66. The summed E-state index contributed by atoms with van der Waals surface area (Å²) in [7, 11) is 0. The monoisotopic (exact) mass is 225 g/mol. The normalized spacial score (nSPS) is 26.4. The lowest BCUT2D eigenvalue weighted by atomic mass is 10.1. The molecule has 0 aromatic carbocycles. The average molecular weight is 225 g/mol. The van der Waals surface area contributed by atoms with Gasteiger partial charge in [-0.3, -0.25) is 4.90 Å². The Balaban J connectivity index is 1.89. The number of aromatic nitrogens is 2. The molecule has 0 aliphatic carbocycles. The van der Waals surface area contributed by atoms with Gasteiger partial charge in [-0.05, 0) is 19.8 Å². The molecule has 1 aliphatic heterocycles. The summed E-state index contributed by atoms with van der Waals surface area (Å²) in [4.78, 5) is 6.46. The first-order valence-corrected chi connectivity index (χ1v) is 5.85. The van der Waals surface area contributed by atoms with E-state index >= 15 is 0 Å². The third-order valence-electron chi connectivity index (χ3n) is 2.87. The first kappa shape index (κ1) is 11.5. The van der Waals surface area contributed by atoms with Gasteiger partial charge in [0.2, 0.25) is 5.89 Å². The van der Waals surface area contributed by atoms with Gasteiger partial charge in [0.15, 0.2) is 5.82 Å². The van der Waals surface area contributed by atoms with E-state index in [0.717, 1.165) is 31.6 Å². The van der Waals surface area contributed by atoms with E-state index in [1.807, 2.05) is 6.92 Å². The standard InChI is InChI=1S/C11H19N3O2/c1-3-4-10-12-9(13-16-10)7-14-6-5-11(2,15)8-14/h15H,3-8H2,1-2H3. The summed E-state index contributed by atoms with van der Waals surface area (Å²) in [6, 6.07) is 0. The summed E-state index contributed by atoms with van der Waals surface area (Å²) < 4.78 is 5.12. The van der Waals surface area contributed by atoms with Crippen LogP contribution in [0.15, 0.2) is 4.52 Å². The van der Waals surface area contributed by atoms with E-state index in [1.54, 1.807) is 0 Å². The Kier molecular flexibility index (Phi) is 3.25. The molecule has 0 amide bonds. The van der Waals surface area contributed by atoms with Crippen molar-refractivity contribution in [1.29, 1.82) is 0 Å². The predicted octanol–water partition coefficient (Wildman–Crippen LogP) is 0.979. The van der Waals surface area contributed by atoms with Crippen LogP contribution in [0.1, 0.15) is 38.4 Å². The van der Waals surface area contributed by atoms with Crippen LogP contribution in [0.25, 0.3) is 0 Å². The van der Waals surface area contributed by atoms with Gasteiger partial charge in [-0.25, -0.2) is 0 Å². The molecule has 1 aromatic rings. The molecule has 1 aliphatic rings. The van der Waals surface area contributed by atoms with Crippen LogP contribution >= 0.6 is 0 Å². The average Bonchev–Trinajstić information content (AvgIpc) is 2.75. The molecule has 16 heavy (non-hydrogen) atoms. The Hall–Kier alpha value is -0.940. The fourth-order valence-electron chi connectivity index (χ4n) is 2.04. The van der Waals surface area contributed by atoms with E-state index in [-0.39, 0.29) is 0 Å². The summed E-state index contributed by atoms with van der Waals surface area (Å²) in [5.74, 6) is 1.43. The van der Waals surface area contributed by atoms with E-state index in [1.165, 1.54) is 0 Å². The van der Waals surface area contributed by atoms with Gasteiger partial charge in [-0.2, -0.15) is 4.98 Å². The van der Waals surface area contributed by atoms with Gasteiger partial charge in [0, 0.05) is 19.5 Å². The molecule has 1 N–H and O–H groups in total. The fourth-order valence-corrected chi connectivity index (χ4v) is 2.04. The maximum atomic E-state index is 9.83. The van der Waals surface area contributed by atoms with Crippen LogP contribution in [-0.4, -0.2) is 38.8 Å². The molecule has 0 spiro atoms. The lowest BCUT2D eigenvalue weighted by molar-refractivity contribution is 0.0675. The van der Waals surface area contributed by atoms with Crippen molar-refractivity contribution in [2.75, 3.05) is 13.1 Å². The van der Waals surface area contributed by atoms with Crippen LogP contribution in [-0.2, 0) is 13.0 Å². The molecule has 2 heterocycles.